The highest BCUT2D eigenvalue weighted by atomic mass is 79.9. The largest absolute Gasteiger partial charge is 0.417 e. The van der Waals surface area contributed by atoms with E-state index in [1.54, 1.807) is 0 Å². The van der Waals surface area contributed by atoms with Crippen molar-refractivity contribution in [3.05, 3.63) is 0 Å². The van der Waals surface area contributed by atoms with Crippen LogP contribution in [-0.4, -0.2) is 20.3 Å². The minimum Gasteiger partial charge on any atom is -0.417 e. The second-order valence-electron chi connectivity index (χ2n) is 5.98. The van der Waals surface area contributed by atoms with Gasteiger partial charge in [-0.3, -0.25) is 0 Å². The lowest BCUT2D eigenvalue weighted by Crippen LogP contribution is -2.41. The van der Waals surface area contributed by atoms with Crippen molar-refractivity contribution in [1.82, 2.24) is 0 Å². The van der Waals surface area contributed by atoms with Crippen LogP contribution in [0.15, 0.2) is 0 Å². The van der Waals surface area contributed by atoms with E-state index in [1.807, 2.05) is 0 Å². The summed E-state index contributed by atoms with van der Waals surface area (Å²) in [7, 11) is -1.49. The summed E-state index contributed by atoms with van der Waals surface area (Å²) in [4.78, 5) is 0. The standard InChI is InChI=1S/C11H23BrOSi/c1-11(2,3)14(4,5)13-8-10-6-9(10)7-12/h9-10H,6-8H2,1-5H3/t9-,10+/m1/s1. The maximum Gasteiger partial charge on any atom is 0.191 e. The van der Waals surface area contributed by atoms with Crippen LogP contribution in [0.4, 0.5) is 0 Å². The van der Waals surface area contributed by atoms with Crippen LogP contribution in [-0.2, 0) is 4.43 Å². The molecule has 1 aliphatic rings. The lowest BCUT2D eigenvalue weighted by Gasteiger charge is -2.36. The molecule has 0 radical (unpaired) electrons. The van der Waals surface area contributed by atoms with E-state index < -0.39 is 8.32 Å². The number of halogens is 1. The van der Waals surface area contributed by atoms with Gasteiger partial charge in [-0.15, -0.1) is 0 Å². The first-order valence-electron chi connectivity index (χ1n) is 5.48. The lowest BCUT2D eigenvalue weighted by atomic mass is 10.2. The molecule has 1 rings (SSSR count). The van der Waals surface area contributed by atoms with Crippen LogP contribution >= 0.6 is 15.9 Å². The quantitative estimate of drug-likeness (QED) is 0.557. The summed E-state index contributed by atoms with van der Waals surface area (Å²) in [5.41, 5.74) is 0. The molecule has 84 valence electrons. The van der Waals surface area contributed by atoms with Crippen molar-refractivity contribution in [2.24, 2.45) is 11.8 Å². The van der Waals surface area contributed by atoms with Gasteiger partial charge in [-0.2, -0.15) is 0 Å². The van der Waals surface area contributed by atoms with Crippen molar-refractivity contribution in [1.29, 1.82) is 0 Å². The average Bonchev–Trinajstić information content (AvgIpc) is 2.77. The molecule has 2 atom stereocenters. The fourth-order valence-electron chi connectivity index (χ4n) is 1.24. The van der Waals surface area contributed by atoms with Crippen molar-refractivity contribution < 1.29 is 4.43 Å². The van der Waals surface area contributed by atoms with Crippen LogP contribution in [0.1, 0.15) is 27.2 Å². The third-order valence-electron chi connectivity index (χ3n) is 3.73. The number of rotatable bonds is 4. The molecule has 0 aromatic rings. The highest BCUT2D eigenvalue weighted by Crippen LogP contribution is 2.42. The zero-order valence-electron chi connectivity index (χ0n) is 10.1. The summed E-state index contributed by atoms with van der Waals surface area (Å²) in [5, 5.41) is 1.50. The van der Waals surface area contributed by atoms with Crippen LogP contribution in [0.3, 0.4) is 0 Å². The maximum atomic E-state index is 6.17. The fourth-order valence-corrected chi connectivity index (χ4v) is 3.09. The first-order valence-corrected chi connectivity index (χ1v) is 9.51. The Morgan fingerprint density at radius 2 is 1.86 bits per heavy atom. The van der Waals surface area contributed by atoms with Gasteiger partial charge < -0.3 is 4.43 Å². The summed E-state index contributed by atoms with van der Waals surface area (Å²) in [6, 6.07) is 0. The van der Waals surface area contributed by atoms with E-state index in [0.717, 1.165) is 23.8 Å². The van der Waals surface area contributed by atoms with Gasteiger partial charge in [-0.25, -0.2) is 0 Å². The van der Waals surface area contributed by atoms with E-state index >= 15 is 0 Å². The van der Waals surface area contributed by atoms with Gasteiger partial charge >= 0.3 is 0 Å². The number of alkyl halides is 1. The number of hydrogen-bond acceptors (Lipinski definition) is 1. The van der Waals surface area contributed by atoms with Crippen LogP contribution in [0.25, 0.3) is 0 Å². The molecule has 0 saturated heterocycles. The molecule has 3 heteroatoms. The monoisotopic (exact) mass is 278 g/mol. The highest BCUT2D eigenvalue weighted by Gasteiger charge is 2.41. The van der Waals surface area contributed by atoms with Crippen molar-refractivity contribution >= 4 is 24.2 Å². The van der Waals surface area contributed by atoms with E-state index in [0.29, 0.717) is 5.04 Å². The van der Waals surface area contributed by atoms with Crippen LogP contribution in [0.5, 0.6) is 0 Å². The predicted molar refractivity (Wildman–Crippen MR) is 68.5 cm³/mol. The first-order chi connectivity index (χ1) is 6.28. The summed E-state index contributed by atoms with van der Waals surface area (Å²) < 4.78 is 6.17. The Bertz CT molecular complexity index is 198. The highest BCUT2D eigenvalue weighted by molar-refractivity contribution is 9.09. The molecule has 0 amide bonds. The predicted octanol–water partition coefficient (Wildman–Crippen LogP) is 4.04. The molecular weight excluding hydrogens is 256 g/mol. The van der Waals surface area contributed by atoms with Gasteiger partial charge in [-0.1, -0.05) is 36.7 Å². The van der Waals surface area contributed by atoms with Gasteiger partial charge in [0.15, 0.2) is 8.32 Å². The van der Waals surface area contributed by atoms with Crippen molar-refractivity contribution in [3.8, 4) is 0 Å². The molecular formula is C11H23BrOSi. The Morgan fingerprint density at radius 3 is 2.21 bits per heavy atom. The van der Waals surface area contributed by atoms with Crippen molar-refractivity contribution in [2.75, 3.05) is 11.9 Å². The second kappa shape index (κ2) is 4.26. The van der Waals surface area contributed by atoms with E-state index in [2.05, 4.69) is 49.8 Å². The molecule has 0 aromatic heterocycles. The molecule has 0 aromatic carbocycles. The van der Waals surface area contributed by atoms with Gasteiger partial charge in [0.25, 0.3) is 0 Å². The van der Waals surface area contributed by atoms with E-state index in [1.165, 1.54) is 6.42 Å². The van der Waals surface area contributed by atoms with Gasteiger partial charge in [0, 0.05) is 11.9 Å². The first kappa shape index (κ1) is 12.7. The average molecular weight is 279 g/mol. The Labute approximate surface area is 97.9 Å². The Kier molecular flexibility index (Phi) is 3.87. The van der Waals surface area contributed by atoms with Crippen LogP contribution in [0, 0.1) is 11.8 Å². The normalized spacial score (nSPS) is 27.9. The maximum absolute atomic E-state index is 6.17. The molecule has 0 bridgehead atoms. The lowest BCUT2D eigenvalue weighted by molar-refractivity contribution is 0.267. The molecule has 0 unspecified atom stereocenters. The van der Waals surface area contributed by atoms with Gasteiger partial charge in [-0.05, 0) is 36.4 Å². The number of hydrogen-bond donors (Lipinski definition) is 0. The topological polar surface area (TPSA) is 9.23 Å². The Morgan fingerprint density at radius 1 is 1.29 bits per heavy atom. The minimum absolute atomic E-state index is 0.353. The summed E-state index contributed by atoms with van der Waals surface area (Å²) in [5.74, 6) is 1.73. The third-order valence-corrected chi connectivity index (χ3v) is 9.06. The minimum atomic E-state index is -1.49. The van der Waals surface area contributed by atoms with Crippen LogP contribution in [0.2, 0.25) is 18.1 Å². The Hall–Kier alpha value is 0.657. The van der Waals surface area contributed by atoms with Crippen LogP contribution < -0.4 is 0 Å². The third kappa shape index (κ3) is 3.07. The molecule has 14 heavy (non-hydrogen) atoms. The zero-order valence-corrected chi connectivity index (χ0v) is 12.6. The van der Waals surface area contributed by atoms with E-state index in [4.69, 9.17) is 4.43 Å². The van der Waals surface area contributed by atoms with Gasteiger partial charge in [0.05, 0.1) is 0 Å². The molecule has 0 spiro atoms. The molecule has 0 aliphatic heterocycles. The SMILES string of the molecule is CC(C)(C)[Si](C)(C)OC[C@@H]1C[C@@H]1CBr. The molecule has 1 fully saturated rings. The van der Waals surface area contributed by atoms with E-state index in [-0.39, 0.29) is 0 Å². The molecule has 0 N–H and O–H groups in total. The molecule has 1 saturated carbocycles. The van der Waals surface area contributed by atoms with Crippen molar-refractivity contribution in [3.63, 3.8) is 0 Å². The fraction of sp³-hybridized carbons (Fsp3) is 1.00. The van der Waals surface area contributed by atoms with E-state index in [9.17, 15) is 0 Å². The smallest absolute Gasteiger partial charge is 0.191 e. The zero-order chi connectivity index (χ0) is 11.0. The van der Waals surface area contributed by atoms with Crippen molar-refractivity contribution in [2.45, 2.75) is 45.3 Å². The summed E-state index contributed by atoms with van der Waals surface area (Å²) in [6.07, 6.45) is 1.36. The summed E-state index contributed by atoms with van der Waals surface area (Å²) >= 11 is 3.53. The second-order valence-corrected chi connectivity index (χ2v) is 11.4. The molecule has 0 heterocycles. The Balaban J connectivity index is 2.31. The molecule has 1 nitrogen and oxygen atoms in total. The summed E-state index contributed by atoms with van der Waals surface area (Å²) in [6.45, 7) is 12.6. The van der Waals surface area contributed by atoms with Gasteiger partial charge in [0.2, 0.25) is 0 Å². The molecule has 1 aliphatic carbocycles. The van der Waals surface area contributed by atoms with Gasteiger partial charge in [0.1, 0.15) is 0 Å².